The molecule has 0 saturated heterocycles. The molecule has 2 N–H and O–H groups in total. The molecule has 0 saturated carbocycles. The Morgan fingerprint density at radius 1 is 1.50 bits per heavy atom. The highest BCUT2D eigenvalue weighted by atomic mass is 16.5. The number of hydrogen-bond acceptors (Lipinski definition) is 4. The Kier molecular flexibility index (Phi) is 3.34. The van der Waals surface area contributed by atoms with Crippen molar-refractivity contribution in [3.63, 3.8) is 0 Å². The van der Waals surface area contributed by atoms with Crippen molar-refractivity contribution in [3.05, 3.63) is 23.8 Å². The van der Waals surface area contributed by atoms with Crippen molar-refractivity contribution in [2.24, 2.45) is 5.16 Å². The molecule has 0 heterocycles. The van der Waals surface area contributed by atoms with E-state index in [1.807, 2.05) is 6.92 Å². The summed E-state index contributed by atoms with van der Waals surface area (Å²) in [7, 11) is 1.54. The molecule has 4 nitrogen and oxygen atoms in total. The number of methoxy groups -OCH3 is 1. The van der Waals surface area contributed by atoms with E-state index in [2.05, 4.69) is 5.16 Å². The number of oxime groups is 1. The number of nitrogens with zero attached hydrogens (tertiary/aromatic N) is 1. The maximum absolute atomic E-state index is 9.52. The zero-order valence-corrected chi connectivity index (χ0v) is 8.19. The molecular formula is C10H13NO3. The molecule has 0 radical (unpaired) electrons. The summed E-state index contributed by atoms with van der Waals surface area (Å²) in [6, 6.07) is 4.78. The van der Waals surface area contributed by atoms with Gasteiger partial charge in [0.25, 0.3) is 0 Å². The summed E-state index contributed by atoms with van der Waals surface area (Å²) >= 11 is 0. The molecule has 0 aliphatic heterocycles. The highest BCUT2D eigenvalue weighted by Gasteiger charge is 2.08. The molecule has 0 fully saturated rings. The minimum absolute atomic E-state index is 0.0838. The highest BCUT2D eigenvalue weighted by Crippen LogP contribution is 2.24. The number of rotatable bonds is 3. The van der Waals surface area contributed by atoms with Crippen LogP contribution in [-0.2, 0) is 0 Å². The third-order valence-electron chi connectivity index (χ3n) is 1.97. The van der Waals surface area contributed by atoms with Crippen LogP contribution in [0.5, 0.6) is 11.5 Å². The van der Waals surface area contributed by atoms with E-state index in [9.17, 15) is 5.11 Å². The van der Waals surface area contributed by atoms with Crippen molar-refractivity contribution in [3.8, 4) is 11.5 Å². The van der Waals surface area contributed by atoms with E-state index in [-0.39, 0.29) is 5.75 Å². The normalized spacial score (nSPS) is 11.4. The van der Waals surface area contributed by atoms with Crippen LogP contribution in [0.2, 0.25) is 0 Å². The first-order valence-corrected chi connectivity index (χ1v) is 4.31. The molecule has 1 rings (SSSR count). The van der Waals surface area contributed by atoms with Crippen LogP contribution in [0.25, 0.3) is 0 Å². The Hall–Kier alpha value is -1.71. The number of phenols is 1. The molecule has 14 heavy (non-hydrogen) atoms. The molecule has 0 aliphatic rings. The van der Waals surface area contributed by atoms with Crippen LogP contribution < -0.4 is 4.74 Å². The fourth-order valence-corrected chi connectivity index (χ4v) is 1.19. The van der Waals surface area contributed by atoms with E-state index in [1.54, 1.807) is 12.1 Å². The lowest BCUT2D eigenvalue weighted by atomic mass is 10.1. The third kappa shape index (κ3) is 1.96. The van der Waals surface area contributed by atoms with Crippen LogP contribution in [0.15, 0.2) is 23.4 Å². The predicted octanol–water partition coefficient (Wildman–Crippen LogP) is 1.99. The average Bonchev–Trinajstić information content (AvgIpc) is 2.22. The van der Waals surface area contributed by atoms with E-state index in [4.69, 9.17) is 9.94 Å². The Labute approximate surface area is 82.4 Å². The van der Waals surface area contributed by atoms with Crippen molar-refractivity contribution in [1.82, 2.24) is 0 Å². The zero-order valence-electron chi connectivity index (χ0n) is 8.19. The Balaban J connectivity index is 3.18. The molecule has 0 spiro atoms. The smallest absolute Gasteiger partial charge is 0.125 e. The topological polar surface area (TPSA) is 62.1 Å². The first-order chi connectivity index (χ1) is 6.72. The lowest BCUT2D eigenvalue weighted by Gasteiger charge is -2.06. The fourth-order valence-electron chi connectivity index (χ4n) is 1.19. The van der Waals surface area contributed by atoms with Crippen molar-refractivity contribution < 1.29 is 15.1 Å². The highest BCUT2D eigenvalue weighted by molar-refractivity contribution is 6.02. The van der Waals surface area contributed by atoms with Gasteiger partial charge >= 0.3 is 0 Å². The van der Waals surface area contributed by atoms with Gasteiger partial charge in [-0.05, 0) is 24.6 Å². The largest absolute Gasteiger partial charge is 0.507 e. The second-order valence-corrected chi connectivity index (χ2v) is 2.78. The Bertz CT molecular complexity index is 347. The molecule has 1 aromatic rings. The van der Waals surface area contributed by atoms with Crippen LogP contribution >= 0.6 is 0 Å². The standard InChI is InChI=1S/C10H13NO3/c1-3-9(11-13)8-6-7(14-2)4-5-10(8)12/h4-6,12-13H,3H2,1-2H3/b11-9-. The monoisotopic (exact) mass is 195 g/mol. The summed E-state index contributed by atoms with van der Waals surface area (Å²) in [6.45, 7) is 1.84. The summed E-state index contributed by atoms with van der Waals surface area (Å²) in [4.78, 5) is 0. The molecule has 0 bridgehead atoms. The Morgan fingerprint density at radius 2 is 2.21 bits per heavy atom. The second kappa shape index (κ2) is 4.50. The van der Waals surface area contributed by atoms with Gasteiger partial charge in [-0.2, -0.15) is 0 Å². The number of hydrogen-bond donors (Lipinski definition) is 2. The van der Waals surface area contributed by atoms with Crippen molar-refractivity contribution in [1.29, 1.82) is 0 Å². The molecule has 76 valence electrons. The van der Waals surface area contributed by atoms with E-state index in [0.29, 0.717) is 23.4 Å². The first-order valence-electron chi connectivity index (χ1n) is 4.31. The zero-order chi connectivity index (χ0) is 10.6. The summed E-state index contributed by atoms with van der Waals surface area (Å²) in [6.07, 6.45) is 0.539. The summed E-state index contributed by atoms with van der Waals surface area (Å²) in [5.41, 5.74) is 0.927. The quantitative estimate of drug-likeness (QED) is 0.440. The van der Waals surface area contributed by atoms with Gasteiger partial charge in [0.1, 0.15) is 11.5 Å². The SMILES string of the molecule is CC/C(=N/O)c1cc(OC)ccc1O. The maximum atomic E-state index is 9.52. The molecule has 4 heteroatoms. The van der Waals surface area contributed by atoms with Crippen LogP contribution in [0.1, 0.15) is 18.9 Å². The predicted molar refractivity (Wildman–Crippen MR) is 53.3 cm³/mol. The van der Waals surface area contributed by atoms with Crippen molar-refractivity contribution >= 4 is 5.71 Å². The fraction of sp³-hybridized carbons (Fsp3) is 0.300. The number of benzene rings is 1. The summed E-state index contributed by atoms with van der Waals surface area (Å²) in [5, 5.41) is 21.3. The van der Waals surface area contributed by atoms with Crippen molar-refractivity contribution in [2.45, 2.75) is 13.3 Å². The van der Waals surface area contributed by atoms with Gasteiger partial charge in [-0.25, -0.2) is 0 Å². The maximum Gasteiger partial charge on any atom is 0.125 e. The lowest BCUT2D eigenvalue weighted by Crippen LogP contribution is -2.00. The molecule has 0 atom stereocenters. The van der Waals surface area contributed by atoms with Gasteiger partial charge in [0.2, 0.25) is 0 Å². The molecule has 0 aliphatic carbocycles. The number of aromatic hydroxyl groups is 1. The average molecular weight is 195 g/mol. The number of phenolic OH excluding ortho intramolecular Hbond substituents is 1. The van der Waals surface area contributed by atoms with Gasteiger partial charge in [0.05, 0.1) is 12.8 Å². The Morgan fingerprint density at radius 3 is 2.71 bits per heavy atom. The van der Waals surface area contributed by atoms with Gasteiger partial charge in [-0.15, -0.1) is 0 Å². The van der Waals surface area contributed by atoms with Gasteiger partial charge < -0.3 is 15.1 Å². The van der Waals surface area contributed by atoms with E-state index in [1.165, 1.54) is 13.2 Å². The van der Waals surface area contributed by atoms with E-state index >= 15 is 0 Å². The second-order valence-electron chi connectivity index (χ2n) is 2.78. The van der Waals surface area contributed by atoms with Gasteiger partial charge in [0.15, 0.2) is 0 Å². The summed E-state index contributed by atoms with van der Waals surface area (Å²) in [5.74, 6) is 0.702. The van der Waals surface area contributed by atoms with Gasteiger partial charge in [-0.3, -0.25) is 0 Å². The minimum Gasteiger partial charge on any atom is -0.507 e. The number of ether oxygens (including phenoxy) is 1. The van der Waals surface area contributed by atoms with Crippen LogP contribution in [0.3, 0.4) is 0 Å². The molecule has 0 aromatic heterocycles. The minimum atomic E-state index is 0.0838. The van der Waals surface area contributed by atoms with E-state index < -0.39 is 0 Å². The van der Waals surface area contributed by atoms with Gasteiger partial charge in [0, 0.05) is 5.56 Å². The lowest BCUT2D eigenvalue weighted by molar-refractivity contribution is 0.318. The molecule has 0 unspecified atom stereocenters. The molecular weight excluding hydrogens is 182 g/mol. The van der Waals surface area contributed by atoms with E-state index in [0.717, 1.165) is 0 Å². The third-order valence-corrected chi connectivity index (χ3v) is 1.97. The van der Waals surface area contributed by atoms with Crippen LogP contribution in [0.4, 0.5) is 0 Å². The van der Waals surface area contributed by atoms with Crippen LogP contribution in [0, 0.1) is 0 Å². The molecule has 1 aromatic carbocycles. The summed E-state index contributed by atoms with van der Waals surface area (Å²) < 4.78 is 5.00. The first kappa shape index (κ1) is 10.4. The van der Waals surface area contributed by atoms with Crippen LogP contribution in [-0.4, -0.2) is 23.1 Å². The van der Waals surface area contributed by atoms with Gasteiger partial charge in [-0.1, -0.05) is 12.1 Å². The molecule has 0 amide bonds. The van der Waals surface area contributed by atoms with Crippen molar-refractivity contribution in [2.75, 3.05) is 7.11 Å².